The number of anilines is 1. The molecule has 0 heterocycles. The van der Waals surface area contributed by atoms with E-state index < -0.39 is 10.2 Å². The Morgan fingerprint density at radius 3 is 2.59 bits per heavy atom. The molecule has 0 aliphatic carbocycles. The van der Waals surface area contributed by atoms with Crippen molar-refractivity contribution in [2.75, 3.05) is 11.4 Å². The van der Waals surface area contributed by atoms with Gasteiger partial charge in [-0.1, -0.05) is 6.07 Å². The zero-order valence-electron chi connectivity index (χ0n) is 10.0. The Morgan fingerprint density at radius 2 is 2.06 bits per heavy atom. The van der Waals surface area contributed by atoms with Gasteiger partial charge in [0.05, 0.1) is 17.3 Å². The fourth-order valence-corrected chi connectivity index (χ4v) is 2.43. The fraction of sp³-hybridized carbons (Fsp3) is 0.364. The monoisotopic (exact) mass is 253 g/mol. The summed E-state index contributed by atoms with van der Waals surface area (Å²) in [4.78, 5) is 0. The first kappa shape index (κ1) is 13.5. The van der Waals surface area contributed by atoms with E-state index in [0.717, 1.165) is 4.31 Å². The summed E-state index contributed by atoms with van der Waals surface area (Å²) in [6.45, 7) is 3.49. The summed E-state index contributed by atoms with van der Waals surface area (Å²) in [6, 6.07) is 8.23. The Bertz CT molecular complexity index is 532. The summed E-state index contributed by atoms with van der Waals surface area (Å²) in [6.07, 6.45) is 0. The molecule has 1 N–H and O–H groups in total. The second-order valence-electron chi connectivity index (χ2n) is 3.91. The highest BCUT2D eigenvalue weighted by atomic mass is 32.2. The number of benzene rings is 1. The van der Waals surface area contributed by atoms with Crippen molar-refractivity contribution in [1.29, 1.82) is 5.26 Å². The van der Waals surface area contributed by atoms with Gasteiger partial charge in [0.25, 0.3) is 0 Å². The van der Waals surface area contributed by atoms with Gasteiger partial charge in [0.2, 0.25) is 0 Å². The largest absolute Gasteiger partial charge is 0.301 e. The van der Waals surface area contributed by atoms with Crippen molar-refractivity contribution >= 4 is 15.9 Å². The highest BCUT2D eigenvalue weighted by Crippen LogP contribution is 2.16. The lowest BCUT2D eigenvalue weighted by molar-refractivity contribution is 0.568. The van der Waals surface area contributed by atoms with Crippen molar-refractivity contribution in [3.05, 3.63) is 29.8 Å². The van der Waals surface area contributed by atoms with Gasteiger partial charge in [0, 0.05) is 13.1 Å². The SMILES string of the molecule is CC(C)NS(=O)(=O)N(C)c1cccc(C#N)c1. The minimum absolute atomic E-state index is 0.179. The van der Waals surface area contributed by atoms with Crippen LogP contribution in [0.3, 0.4) is 0 Å². The van der Waals surface area contributed by atoms with E-state index in [0.29, 0.717) is 11.3 Å². The molecule has 1 aromatic rings. The van der Waals surface area contributed by atoms with Crippen molar-refractivity contribution < 1.29 is 8.42 Å². The molecule has 0 fully saturated rings. The van der Waals surface area contributed by atoms with Crippen LogP contribution < -0.4 is 9.03 Å². The van der Waals surface area contributed by atoms with Crippen LogP contribution in [-0.4, -0.2) is 21.5 Å². The predicted octanol–water partition coefficient (Wildman–Crippen LogP) is 1.24. The Balaban J connectivity index is 3.04. The molecule has 0 aliphatic rings. The van der Waals surface area contributed by atoms with Crippen LogP contribution in [0.25, 0.3) is 0 Å². The van der Waals surface area contributed by atoms with Gasteiger partial charge < -0.3 is 0 Å². The second-order valence-corrected chi connectivity index (χ2v) is 5.64. The highest BCUT2D eigenvalue weighted by Gasteiger charge is 2.19. The standard InChI is InChI=1S/C11H15N3O2S/c1-9(2)13-17(15,16)14(3)11-6-4-5-10(7-11)8-12/h4-7,9,13H,1-3H3. The van der Waals surface area contributed by atoms with Gasteiger partial charge in [-0.3, -0.25) is 4.31 Å². The Kier molecular flexibility index (Phi) is 4.10. The van der Waals surface area contributed by atoms with Gasteiger partial charge >= 0.3 is 10.2 Å². The van der Waals surface area contributed by atoms with Crippen LogP contribution in [0.2, 0.25) is 0 Å². The maximum Gasteiger partial charge on any atom is 0.301 e. The maximum atomic E-state index is 11.9. The molecule has 1 aromatic carbocycles. The molecule has 0 atom stereocenters. The van der Waals surface area contributed by atoms with E-state index in [9.17, 15) is 8.42 Å². The van der Waals surface area contributed by atoms with Crippen LogP contribution in [0.1, 0.15) is 19.4 Å². The summed E-state index contributed by atoms with van der Waals surface area (Å²) in [7, 11) is -2.12. The van der Waals surface area contributed by atoms with E-state index in [2.05, 4.69) is 4.72 Å². The number of hydrogen-bond acceptors (Lipinski definition) is 3. The first-order valence-electron chi connectivity index (χ1n) is 5.13. The number of nitriles is 1. The van der Waals surface area contributed by atoms with E-state index in [1.807, 2.05) is 6.07 Å². The van der Waals surface area contributed by atoms with Crippen molar-refractivity contribution in [3.63, 3.8) is 0 Å². The summed E-state index contributed by atoms with van der Waals surface area (Å²) in [5.41, 5.74) is 0.881. The molecule has 0 saturated heterocycles. The Hall–Kier alpha value is -1.58. The number of nitrogens with zero attached hydrogens (tertiary/aromatic N) is 2. The predicted molar refractivity (Wildman–Crippen MR) is 66.8 cm³/mol. The molecule has 0 amide bonds. The lowest BCUT2D eigenvalue weighted by Gasteiger charge is -2.21. The Morgan fingerprint density at radius 1 is 1.41 bits per heavy atom. The number of hydrogen-bond donors (Lipinski definition) is 1. The summed E-state index contributed by atoms with van der Waals surface area (Å²) in [5, 5.41) is 8.76. The third-order valence-electron chi connectivity index (χ3n) is 2.08. The van der Waals surface area contributed by atoms with Gasteiger partial charge in [-0.15, -0.1) is 0 Å². The maximum absolute atomic E-state index is 11.9. The lowest BCUT2D eigenvalue weighted by Crippen LogP contribution is -2.41. The number of nitrogens with one attached hydrogen (secondary N) is 1. The van der Waals surface area contributed by atoms with E-state index in [-0.39, 0.29) is 6.04 Å². The average Bonchev–Trinajstić information content (AvgIpc) is 2.26. The van der Waals surface area contributed by atoms with Crippen LogP contribution >= 0.6 is 0 Å². The molecular weight excluding hydrogens is 238 g/mol. The van der Waals surface area contributed by atoms with Crippen molar-refractivity contribution in [3.8, 4) is 6.07 Å². The van der Waals surface area contributed by atoms with Crippen LogP contribution in [0, 0.1) is 11.3 Å². The Labute approximate surface area is 102 Å². The van der Waals surface area contributed by atoms with Crippen molar-refractivity contribution in [2.24, 2.45) is 0 Å². The van der Waals surface area contributed by atoms with Crippen LogP contribution in [0.5, 0.6) is 0 Å². The van der Waals surface area contributed by atoms with Crippen LogP contribution in [-0.2, 0) is 10.2 Å². The topological polar surface area (TPSA) is 73.2 Å². The fourth-order valence-electron chi connectivity index (χ4n) is 1.29. The van der Waals surface area contributed by atoms with Crippen molar-refractivity contribution in [2.45, 2.75) is 19.9 Å². The average molecular weight is 253 g/mol. The van der Waals surface area contributed by atoms with Gasteiger partial charge in [-0.2, -0.15) is 18.4 Å². The lowest BCUT2D eigenvalue weighted by atomic mass is 10.2. The molecule has 5 nitrogen and oxygen atoms in total. The van der Waals surface area contributed by atoms with Gasteiger partial charge in [-0.25, -0.2) is 0 Å². The van der Waals surface area contributed by atoms with E-state index >= 15 is 0 Å². The van der Waals surface area contributed by atoms with Crippen molar-refractivity contribution in [1.82, 2.24) is 4.72 Å². The summed E-state index contributed by atoms with van der Waals surface area (Å²) in [5.74, 6) is 0. The quantitative estimate of drug-likeness (QED) is 0.877. The summed E-state index contributed by atoms with van der Waals surface area (Å²) >= 11 is 0. The normalized spacial score (nSPS) is 11.2. The zero-order valence-corrected chi connectivity index (χ0v) is 10.8. The van der Waals surface area contributed by atoms with Gasteiger partial charge in [-0.05, 0) is 32.0 Å². The molecule has 6 heteroatoms. The van der Waals surface area contributed by atoms with Crippen LogP contribution in [0.15, 0.2) is 24.3 Å². The second kappa shape index (κ2) is 5.17. The van der Waals surface area contributed by atoms with Crippen LogP contribution in [0.4, 0.5) is 5.69 Å². The van der Waals surface area contributed by atoms with E-state index in [4.69, 9.17) is 5.26 Å². The summed E-state index contributed by atoms with van der Waals surface area (Å²) < 4.78 is 27.3. The number of rotatable bonds is 4. The van der Waals surface area contributed by atoms with Gasteiger partial charge in [0.15, 0.2) is 0 Å². The highest BCUT2D eigenvalue weighted by molar-refractivity contribution is 7.90. The first-order chi connectivity index (χ1) is 7.86. The third-order valence-corrected chi connectivity index (χ3v) is 3.79. The van der Waals surface area contributed by atoms with E-state index in [1.54, 1.807) is 32.0 Å². The molecule has 0 aliphatic heterocycles. The molecule has 17 heavy (non-hydrogen) atoms. The molecule has 0 spiro atoms. The minimum atomic E-state index is -3.56. The molecule has 0 unspecified atom stereocenters. The first-order valence-corrected chi connectivity index (χ1v) is 6.57. The molecule has 0 radical (unpaired) electrons. The molecule has 0 aromatic heterocycles. The smallest absolute Gasteiger partial charge is 0.261 e. The molecule has 92 valence electrons. The molecule has 1 rings (SSSR count). The van der Waals surface area contributed by atoms with E-state index in [1.165, 1.54) is 13.1 Å². The molecular formula is C11H15N3O2S. The third kappa shape index (κ3) is 3.44. The molecule has 0 bridgehead atoms. The van der Waals surface area contributed by atoms with Gasteiger partial charge in [0.1, 0.15) is 0 Å². The minimum Gasteiger partial charge on any atom is -0.261 e. The molecule has 0 saturated carbocycles. The zero-order chi connectivity index (χ0) is 13.1.